The van der Waals surface area contributed by atoms with Gasteiger partial charge in [-0.3, -0.25) is 10.1 Å². The van der Waals surface area contributed by atoms with Gasteiger partial charge in [-0.1, -0.05) is 31.9 Å². The van der Waals surface area contributed by atoms with Gasteiger partial charge in [0.05, 0.1) is 22.4 Å². The van der Waals surface area contributed by atoms with E-state index in [4.69, 9.17) is 5.26 Å². The monoisotopic (exact) mass is 366 g/mol. The molecule has 2 atom stereocenters. The molecule has 1 heterocycles. The van der Waals surface area contributed by atoms with Gasteiger partial charge in [-0.2, -0.15) is 28.4 Å². The van der Waals surface area contributed by atoms with Crippen LogP contribution in [-0.4, -0.2) is 22.6 Å². The van der Waals surface area contributed by atoms with Crippen molar-refractivity contribution in [2.75, 3.05) is 0 Å². The molecular weight excluding hydrogens is 349 g/mol. The number of benzene rings is 1. The van der Waals surface area contributed by atoms with Gasteiger partial charge in [0.25, 0.3) is 0 Å². The van der Waals surface area contributed by atoms with E-state index < -0.39 is 22.4 Å². The lowest BCUT2D eigenvalue weighted by Gasteiger charge is -2.17. The second-order valence-corrected chi connectivity index (χ2v) is 6.03. The third kappa shape index (κ3) is 4.25. The van der Waals surface area contributed by atoms with Crippen LogP contribution < -0.4 is 0 Å². The fraction of sp³-hybridized carbons (Fsp3) is 0.471. The topological polar surface area (TPSA) is 91.6 Å². The predicted octanol–water partition coefficient (Wildman–Crippen LogP) is 4.35. The second kappa shape index (κ2) is 7.64. The first-order valence-corrected chi connectivity index (χ1v) is 8.08. The van der Waals surface area contributed by atoms with Crippen LogP contribution in [0.5, 0.6) is 0 Å². The van der Waals surface area contributed by atoms with E-state index in [2.05, 4.69) is 9.98 Å². The molecule has 1 aliphatic rings. The van der Waals surface area contributed by atoms with Crippen molar-refractivity contribution in [3.05, 3.63) is 45.5 Å². The fourth-order valence-electron chi connectivity index (χ4n) is 2.74. The number of aliphatic imine (C=N–C) groups is 2. The van der Waals surface area contributed by atoms with Crippen LogP contribution in [0.15, 0.2) is 34.3 Å². The number of hydrogen-bond acceptors (Lipinski definition) is 5. The van der Waals surface area contributed by atoms with E-state index in [-0.39, 0.29) is 12.3 Å². The van der Waals surface area contributed by atoms with Crippen molar-refractivity contribution in [3.8, 4) is 6.07 Å². The van der Waals surface area contributed by atoms with Crippen molar-refractivity contribution in [1.29, 1.82) is 5.26 Å². The lowest BCUT2D eigenvalue weighted by atomic mass is 9.88. The normalized spacial score (nSPS) is 20.5. The highest BCUT2D eigenvalue weighted by molar-refractivity contribution is 6.32. The zero-order valence-corrected chi connectivity index (χ0v) is 14.0. The van der Waals surface area contributed by atoms with Crippen molar-refractivity contribution in [2.45, 2.75) is 50.5 Å². The molecule has 2 unspecified atom stereocenters. The average Bonchev–Trinajstić information content (AvgIpc) is 3.02. The molecule has 1 aromatic rings. The van der Waals surface area contributed by atoms with Gasteiger partial charge in [-0.05, 0) is 36.5 Å². The average molecular weight is 366 g/mol. The highest BCUT2D eigenvalue weighted by Crippen LogP contribution is 2.33. The zero-order chi connectivity index (χ0) is 19.4. The summed E-state index contributed by atoms with van der Waals surface area (Å²) in [4.78, 5) is 17.6. The summed E-state index contributed by atoms with van der Waals surface area (Å²) in [5, 5.41) is 20.0. The van der Waals surface area contributed by atoms with Gasteiger partial charge in [0.2, 0.25) is 6.07 Å². The minimum atomic E-state index is -4.41. The number of nitriles is 1. The first kappa shape index (κ1) is 19.6. The van der Waals surface area contributed by atoms with Gasteiger partial charge >= 0.3 is 12.0 Å². The number of rotatable bonds is 7. The third-order valence-corrected chi connectivity index (χ3v) is 4.17. The maximum Gasteiger partial charge on any atom is 0.501 e. The number of unbranched alkanes of at least 4 members (excludes halogenated alkanes) is 1. The SMILES string of the molecule is CCCCC(CC1=NC(C#N)([N+](=O)[O-])N=C1)c1ccc(C(F)(F)F)cc1. The van der Waals surface area contributed by atoms with Crippen LogP contribution in [0.2, 0.25) is 0 Å². The van der Waals surface area contributed by atoms with Gasteiger partial charge in [-0.15, -0.1) is 0 Å². The lowest BCUT2D eigenvalue weighted by molar-refractivity contribution is -0.547. The number of halogens is 3. The van der Waals surface area contributed by atoms with E-state index in [9.17, 15) is 23.3 Å². The van der Waals surface area contributed by atoms with E-state index >= 15 is 0 Å². The second-order valence-electron chi connectivity index (χ2n) is 6.03. The molecule has 26 heavy (non-hydrogen) atoms. The number of nitrogens with zero attached hydrogens (tertiary/aromatic N) is 4. The molecule has 0 fully saturated rings. The Morgan fingerprint density at radius 2 is 2.00 bits per heavy atom. The summed E-state index contributed by atoms with van der Waals surface area (Å²) in [6.45, 7) is 1.99. The minimum Gasteiger partial charge on any atom is -0.259 e. The highest BCUT2D eigenvalue weighted by Gasteiger charge is 2.46. The molecule has 0 spiro atoms. The van der Waals surface area contributed by atoms with Crippen LogP contribution in [0.1, 0.15) is 49.7 Å². The molecule has 0 radical (unpaired) electrons. The molecule has 0 N–H and O–H groups in total. The van der Waals surface area contributed by atoms with Gasteiger partial charge in [0.15, 0.2) is 0 Å². The maximum atomic E-state index is 12.7. The Kier molecular flexibility index (Phi) is 5.75. The van der Waals surface area contributed by atoms with Crippen LogP contribution in [0, 0.1) is 21.4 Å². The molecule has 138 valence electrons. The Balaban J connectivity index is 2.24. The number of hydrogen-bond donors (Lipinski definition) is 0. The third-order valence-electron chi connectivity index (χ3n) is 4.17. The molecule has 1 aliphatic heterocycles. The summed E-state index contributed by atoms with van der Waals surface area (Å²) in [5.41, 5.74) is 0.259. The Morgan fingerprint density at radius 1 is 1.35 bits per heavy atom. The van der Waals surface area contributed by atoms with Crippen molar-refractivity contribution >= 4 is 11.9 Å². The van der Waals surface area contributed by atoms with Crippen LogP contribution >= 0.6 is 0 Å². The van der Waals surface area contributed by atoms with E-state index in [1.54, 1.807) is 0 Å². The molecular formula is C17H17F3N4O2. The minimum absolute atomic E-state index is 0.163. The largest absolute Gasteiger partial charge is 0.501 e. The Morgan fingerprint density at radius 3 is 2.46 bits per heavy atom. The zero-order valence-electron chi connectivity index (χ0n) is 14.0. The van der Waals surface area contributed by atoms with Gasteiger partial charge in [-0.25, -0.2) is 0 Å². The molecule has 0 saturated carbocycles. The van der Waals surface area contributed by atoms with E-state index in [1.807, 2.05) is 6.92 Å². The van der Waals surface area contributed by atoms with Crippen LogP contribution in [0.4, 0.5) is 13.2 Å². The van der Waals surface area contributed by atoms with Crippen molar-refractivity contribution in [2.24, 2.45) is 9.98 Å². The number of nitro groups is 1. The molecule has 0 saturated heterocycles. The quantitative estimate of drug-likeness (QED) is 0.530. The van der Waals surface area contributed by atoms with Gasteiger partial charge in [0.1, 0.15) is 0 Å². The van der Waals surface area contributed by atoms with Crippen molar-refractivity contribution in [1.82, 2.24) is 0 Å². The summed E-state index contributed by atoms with van der Waals surface area (Å²) in [6, 6.07) is 6.36. The van der Waals surface area contributed by atoms with Crippen LogP contribution in [0.25, 0.3) is 0 Å². The predicted molar refractivity (Wildman–Crippen MR) is 89.6 cm³/mol. The summed E-state index contributed by atoms with van der Waals surface area (Å²) in [6.07, 6.45) is -0.505. The standard InChI is InChI=1S/C17H17F3N4O2/c1-2-3-4-13(12-5-7-14(8-6-12)17(18,19)20)9-15-10-22-16(11-21,23-15)24(25)26/h5-8,10,13H,2-4,9H2,1H3. The van der Waals surface area contributed by atoms with Gasteiger partial charge in [0, 0.05) is 0 Å². The summed E-state index contributed by atoms with van der Waals surface area (Å²) >= 11 is 0. The smallest absolute Gasteiger partial charge is 0.259 e. The van der Waals surface area contributed by atoms with E-state index in [0.717, 1.165) is 25.0 Å². The molecule has 2 rings (SSSR count). The van der Waals surface area contributed by atoms with Crippen LogP contribution in [-0.2, 0) is 6.18 Å². The Bertz CT molecular complexity index is 766. The number of alkyl halides is 3. The molecule has 0 aromatic heterocycles. The van der Waals surface area contributed by atoms with Crippen molar-refractivity contribution in [3.63, 3.8) is 0 Å². The first-order valence-electron chi connectivity index (χ1n) is 8.08. The Hall–Kier alpha value is -2.76. The van der Waals surface area contributed by atoms with Gasteiger partial charge < -0.3 is 0 Å². The first-order chi connectivity index (χ1) is 12.2. The summed E-state index contributed by atoms with van der Waals surface area (Å²) < 4.78 is 38.2. The summed E-state index contributed by atoms with van der Waals surface area (Å²) in [7, 11) is 0. The van der Waals surface area contributed by atoms with E-state index in [0.29, 0.717) is 17.7 Å². The summed E-state index contributed by atoms with van der Waals surface area (Å²) in [5.74, 6) is -2.51. The Labute approximate surface area is 148 Å². The van der Waals surface area contributed by atoms with E-state index in [1.165, 1.54) is 24.4 Å². The van der Waals surface area contributed by atoms with Crippen molar-refractivity contribution < 1.29 is 18.1 Å². The van der Waals surface area contributed by atoms with Crippen LogP contribution in [0.3, 0.4) is 0 Å². The molecule has 1 aromatic carbocycles. The maximum absolute atomic E-state index is 12.7. The lowest BCUT2D eigenvalue weighted by Crippen LogP contribution is -2.30. The highest BCUT2D eigenvalue weighted by atomic mass is 19.4. The molecule has 0 amide bonds. The molecule has 6 nitrogen and oxygen atoms in total. The fourth-order valence-corrected chi connectivity index (χ4v) is 2.74. The molecule has 9 heteroatoms. The molecule has 0 bridgehead atoms. The molecule has 0 aliphatic carbocycles.